The summed E-state index contributed by atoms with van der Waals surface area (Å²) in [4.78, 5) is 29.8. The summed E-state index contributed by atoms with van der Waals surface area (Å²) in [7, 11) is -2.35. The van der Waals surface area contributed by atoms with E-state index >= 15 is 0 Å². The Balaban J connectivity index is 1.63. The molecule has 10 nitrogen and oxygen atoms in total. The van der Waals surface area contributed by atoms with Crippen LogP contribution in [-0.4, -0.2) is 54.7 Å². The number of sulfone groups is 1. The van der Waals surface area contributed by atoms with Crippen molar-refractivity contribution in [3.63, 3.8) is 0 Å². The van der Waals surface area contributed by atoms with Crippen molar-refractivity contribution in [2.75, 3.05) is 13.4 Å². The zero-order chi connectivity index (χ0) is 24.6. The molecule has 0 aromatic heterocycles. The second kappa shape index (κ2) is 8.88. The number of amides is 1. The molecule has 12 heteroatoms. The third-order valence-corrected chi connectivity index (χ3v) is 6.57. The summed E-state index contributed by atoms with van der Waals surface area (Å²) in [5.41, 5.74) is 1.70. The van der Waals surface area contributed by atoms with Crippen molar-refractivity contribution in [1.29, 1.82) is 5.41 Å². The SMILES string of the molecule is COc1cc(/C=C2/C(=N)N3C(=NC2=O)SN=C3S(C)(=O)=O)ccc1OC(=O)c1ccc(C)cc1. The molecule has 2 aromatic carbocycles. The number of nitrogens with one attached hydrogen (secondary N) is 1. The summed E-state index contributed by atoms with van der Waals surface area (Å²) in [5, 5.41) is 8.04. The van der Waals surface area contributed by atoms with Crippen molar-refractivity contribution in [2.24, 2.45) is 9.39 Å². The second-order valence-corrected chi connectivity index (χ2v) is 9.98. The summed E-state index contributed by atoms with van der Waals surface area (Å²) in [5.74, 6) is -1.23. The lowest BCUT2D eigenvalue weighted by molar-refractivity contribution is -0.114. The van der Waals surface area contributed by atoms with Gasteiger partial charge in [0, 0.05) is 6.26 Å². The number of carbonyl (C=O) groups is 2. The van der Waals surface area contributed by atoms with Gasteiger partial charge in [0.2, 0.25) is 20.2 Å². The van der Waals surface area contributed by atoms with Crippen LogP contribution in [0, 0.1) is 12.3 Å². The smallest absolute Gasteiger partial charge is 0.343 e. The predicted molar refractivity (Wildman–Crippen MR) is 129 cm³/mol. The summed E-state index contributed by atoms with van der Waals surface area (Å²) < 4.78 is 38.6. The fourth-order valence-electron chi connectivity index (χ4n) is 3.11. The highest BCUT2D eigenvalue weighted by Crippen LogP contribution is 2.32. The zero-order valence-corrected chi connectivity index (χ0v) is 19.9. The third kappa shape index (κ3) is 4.50. The Morgan fingerprint density at radius 3 is 2.50 bits per heavy atom. The molecule has 4 rings (SSSR count). The Hall–Kier alpha value is -3.77. The molecule has 0 unspecified atom stereocenters. The number of hydrogen-bond donors (Lipinski definition) is 1. The molecular weight excluding hydrogens is 480 g/mol. The first kappa shape index (κ1) is 23.4. The summed E-state index contributed by atoms with van der Waals surface area (Å²) in [6, 6.07) is 11.5. The monoisotopic (exact) mass is 498 g/mol. The molecule has 2 aliphatic heterocycles. The quantitative estimate of drug-likeness (QED) is 0.294. The fourth-order valence-corrected chi connectivity index (χ4v) is 4.96. The van der Waals surface area contributed by atoms with Crippen molar-refractivity contribution in [1.82, 2.24) is 4.90 Å². The average Bonchev–Trinajstić information content (AvgIpc) is 3.22. The lowest BCUT2D eigenvalue weighted by atomic mass is 10.1. The van der Waals surface area contributed by atoms with Crippen LogP contribution in [0.3, 0.4) is 0 Å². The molecule has 0 spiro atoms. The molecule has 0 atom stereocenters. The summed E-state index contributed by atoms with van der Waals surface area (Å²) in [6.07, 6.45) is 2.34. The van der Waals surface area contributed by atoms with E-state index < -0.39 is 21.7 Å². The second-order valence-electron chi connectivity index (χ2n) is 7.34. The molecule has 2 heterocycles. The molecule has 2 aromatic rings. The van der Waals surface area contributed by atoms with Crippen LogP contribution in [0.25, 0.3) is 6.08 Å². The van der Waals surface area contributed by atoms with E-state index in [1.54, 1.807) is 30.3 Å². The number of amidine groups is 3. The van der Waals surface area contributed by atoms with Gasteiger partial charge in [0.1, 0.15) is 5.84 Å². The van der Waals surface area contributed by atoms with Gasteiger partial charge in [-0.1, -0.05) is 23.8 Å². The number of hydrogen-bond acceptors (Lipinski definition) is 9. The Morgan fingerprint density at radius 2 is 1.85 bits per heavy atom. The maximum absolute atomic E-state index is 12.5. The maximum atomic E-state index is 12.5. The molecular formula is C22H18N4O6S2. The van der Waals surface area contributed by atoms with E-state index in [1.807, 2.05) is 6.92 Å². The molecule has 0 aliphatic carbocycles. The van der Waals surface area contributed by atoms with Crippen molar-refractivity contribution in [2.45, 2.75) is 6.92 Å². The van der Waals surface area contributed by atoms with Crippen LogP contribution in [0.1, 0.15) is 21.5 Å². The standard InChI is InChI=1S/C22H18N4O6S2/c1-12-4-7-14(8-5-12)20(28)32-16-9-6-13(11-17(16)31-2)10-15-18(23)26-21(24-19(15)27)33-25-22(26)34(3,29)30/h4-11,23H,1-3H3/b15-10-,23-18?. The summed E-state index contributed by atoms with van der Waals surface area (Å²) >= 11 is 0.717. The minimum absolute atomic E-state index is 0.00326. The molecule has 2 aliphatic rings. The van der Waals surface area contributed by atoms with Crippen molar-refractivity contribution in [3.05, 3.63) is 64.7 Å². The van der Waals surface area contributed by atoms with Crippen LogP contribution in [0.2, 0.25) is 0 Å². The minimum Gasteiger partial charge on any atom is -0.493 e. The van der Waals surface area contributed by atoms with Crippen LogP contribution in [0.5, 0.6) is 11.5 Å². The number of methoxy groups -OCH3 is 1. The van der Waals surface area contributed by atoms with Crippen LogP contribution < -0.4 is 9.47 Å². The Kier molecular flexibility index (Phi) is 6.11. The first-order valence-electron chi connectivity index (χ1n) is 9.74. The maximum Gasteiger partial charge on any atom is 0.343 e. The lowest BCUT2D eigenvalue weighted by Gasteiger charge is -2.23. The highest BCUT2D eigenvalue weighted by atomic mass is 32.2. The molecule has 0 fully saturated rings. The number of nitrogens with zero attached hydrogens (tertiary/aromatic N) is 3. The van der Waals surface area contributed by atoms with E-state index in [-0.39, 0.29) is 33.2 Å². The van der Waals surface area contributed by atoms with Crippen LogP contribution in [0.15, 0.2) is 57.4 Å². The highest BCUT2D eigenvalue weighted by molar-refractivity contribution is 8.16. The molecule has 1 N–H and O–H groups in total. The number of fused-ring (bicyclic) bond motifs is 1. The largest absolute Gasteiger partial charge is 0.493 e. The number of carbonyl (C=O) groups excluding carboxylic acids is 2. The van der Waals surface area contributed by atoms with Crippen molar-refractivity contribution in [3.8, 4) is 11.5 Å². The number of aryl methyl sites for hydroxylation is 1. The molecule has 0 saturated carbocycles. The molecule has 34 heavy (non-hydrogen) atoms. The average molecular weight is 499 g/mol. The Bertz CT molecular complexity index is 1430. The number of ether oxygens (including phenoxy) is 2. The highest BCUT2D eigenvalue weighted by Gasteiger charge is 2.41. The number of benzene rings is 2. The third-order valence-electron chi connectivity index (χ3n) is 4.81. The van der Waals surface area contributed by atoms with Gasteiger partial charge >= 0.3 is 5.97 Å². The van der Waals surface area contributed by atoms with Gasteiger partial charge in [-0.15, -0.1) is 0 Å². The van der Waals surface area contributed by atoms with E-state index in [0.717, 1.165) is 28.7 Å². The Labute approximate surface area is 199 Å². The van der Waals surface area contributed by atoms with E-state index in [9.17, 15) is 18.0 Å². The molecule has 0 saturated heterocycles. The van der Waals surface area contributed by atoms with Crippen LogP contribution >= 0.6 is 11.9 Å². The van der Waals surface area contributed by atoms with Crippen LogP contribution in [-0.2, 0) is 14.6 Å². The molecule has 1 amide bonds. The first-order valence-corrected chi connectivity index (χ1v) is 12.4. The lowest BCUT2D eigenvalue weighted by Crippen LogP contribution is -2.45. The van der Waals surface area contributed by atoms with Gasteiger partial charge in [0.15, 0.2) is 11.5 Å². The first-order chi connectivity index (χ1) is 16.1. The van der Waals surface area contributed by atoms with Gasteiger partial charge in [0.05, 0.1) is 30.2 Å². The Morgan fingerprint density at radius 1 is 1.15 bits per heavy atom. The molecule has 174 valence electrons. The van der Waals surface area contributed by atoms with E-state index in [2.05, 4.69) is 9.39 Å². The molecule has 0 radical (unpaired) electrons. The van der Waals surface area contributed by atoms with Crippen molar-refractivity contribution >= 4 is 55.9 Å². The minimum atomic E-state index is -3.75. The van der Waals surface area contributed by atoms with Gasteiger partial charge in [-0.25, -0.2) is 18.1 Å². The zero-order valence-electron chi connectivity index (χ0n) is 18.2. The molecule has 0 bridgehead atoms. The van der Waals surface area contributed by atoms with Gasteiger partial charge in [-0.05, 0) is 42.8 Å². The van der Waals surface area contributed by atoms with E-state index in [1.165, 1.54) is 25.3 Å². The van der Waals surface area contributed by atoms with E-state index in [0.29, 0.717) is 11.1 Å². The number of esters is 1. The topological polar surface area (TPSA) is 139 Å². The van der Waals surface area contributed by atoms with Gasteiger partial charge < -0.3 is 9.47 Å². The normalized spacial score (nSPS) is 16.8. The van der Waals surface area contributed by atoms with Crippen molar-refractivity contribution < 1.29 is 27.5 Å². The van der Waals surface area contributed by atoms with Gasteiger partial charge in [-0.3, -0.25) is 10.2 Å². The number of rotatable bonds is 4. The number of aliphatic imine (C=N–C) groups is 1. The predicted octanol–water partition coefficient (Wildman–Crippen LogP) is 2.84. The summed E-state index contributed by atoms with van der Waals surface area (Å²) in [6.45, 7) is 1.91. The van der Waals surface area contributed by atoms with Gasteiger partial charge in [-0.2, -0.15) is 9.39 Å². The van der Waals surface area contributed by atoms with E-state index in [4.69, 9.17) is 14.9 Å². The van der Waals surface area contributed by atoms with Crippen LogP contribution in [0.4, 0.5) is 0 Å². The van der Waals surface area contributed by atoms with Gasteiger partial charge in [0.25, 0.3) is 5.91 Å². The fraction of sp³-hybridized carbons (Fsp3) is 0.136.